The maximum absolute atomic E-state index is 11.0. The molecule has 1 N–H and O–H groups in total. The molecular formula is C9H10BrClO4S. The molecule has 1 aromatic carbocycles. The van der Waals surface area contributed by atoms with Crippen LogP contribution in [0.4, 0.5) is 0 Å². The highest BCUT2D eigenvalue weighted by Gasteiger charge is 2.19. The average molecular weight is 330 g/mol. The van der Waals surface area contributed by atoms with E-state index in [1.54, 1.807) is 13.0 Å². The predicted octanol–water partition coefficient (Wildman–Crippen LogP) is 2.54. The van der Waals surface area contributed by atoms with Crippen molar-refractivity contribution in [1.82, 2.24) is 0 Å². The summed E-state index contributed by atoms with van der Waals surface area (Å²) in [6, 6.07) is 1.56. The van der Waals surface area contributed by atoms with Crippen LogP contribution in [0.3, 0.4) is 0 Å². The minimum absolute atomic E-state index is 0.201. The molecule has 0 unspecified atom stereocenters. The fourth-order valence-electron chi connectivity index (χ4n) is 1.27. The zero-order valence-electron chi connectivity index (χ0n) is 8.62. The predicted molar refractivity (Wildman–Crippen MR) is 65.6 cm³/mol. The van der Waals surface area contributed by atoms with E-state index in [4.69, 9.17) is 15.4 Å². The average Bonchev–Trinajstić information content (AvgIpc) is 2.17. The first kappa shape index (κ1) is 13.6. The molecule has 4 nitrogen and oxygen atoms in total. The summed E-state index contributed by atoms with van der Waals surface area (Å²) in [5.74, 6) is -0.442. The Morgan fingerprint density at radius 3 is 2.56 bits per heavy atom. The Morgan fingerprint density at radius 2 is 2.12 bits per heavy atom. The number of hydrogen-bond acceptors (Lipinski definition) is 4. The minimum atomic E-state index is -3.73. The number of benzene rings is 1. The molecule has 0 heterocycles. The van der Waals surface area contributed by atoms with Crippen LogP contribution in [0.15, 0.2) is 10.5 Å². The molecule has 0 amide bonds. The van der Waals surface area contributed by atoms with Crippen molar-refractivity contribution < 1.29 is 18.3 Å². The van der Waals surface area contributed by atoms with Crippen molar-refractivity contribution in [3.63, 3.8) is 0 Å². The number of rotatable bonds is 3. The lowest BCUT2D eigenvalue weighted by Crippen LogP contribution is -2.00. The van der Waals surface area contributed by atoms with Crippen LogP contribution < -0.4 is 4.74 Å². The number of halogens is 2. The van der Waals surface area contributed by atoms with E-state index in [0.717, 1.165) is 0 Å². The van der Waals surface area contributed by atoms with Gasteiger partial charge in [0.05, 0.1) is 12.9 Å². The van der Waals surface area contributed by atoms with E-state index in [1.807, 2.05) is 0 Å². The van der Waals surface area contributed by atoms with Crippen LogP contribution in [0, 0.1) is 6.92 Å². The molecule has 0 aliphatic rings. The lowest BCUT2D eigenvalue weighted by atomic mass is 10.1. The third-order valence-electron chi connectivity index (χ3n) is 2.12. The number of ether oxygens (including phenoxy) is 1. The molecule has 90 valence electrons. The first-order chi connectivity index (χ1) is 7.26. The molecule has 1 aromatic rings. The molecule has 0 aromatic heterocycles. The van der Waals surface area contributed by atoms with Crippen molar-refractivity contribution in [2.24, 2.45) is 0 Å². The summed E-state index contributed by atoms with van der Waals surface area (Å²) in [5, 5.41) is 9.79. The zero-order chi connectivity index (χ0) is 12.5. The van der Waals surface area contributed by atoms with Gasteiger partial charge in [0.1, 0.15) is 0 Å². The van der Waals surface area contributed by atoms with E-state index < -0.39 is 14.8 Å². The number of phenols is 1. The Bertz CT molecular complexity index is 513. The van der Waals surface area contributed by atoms with Gasteiger partial charge in [0.25, 0.3) is 0 Å². The van der Waals surface area contributed by atoms with Crippen LogP contribution in [0.2, 0.25) is 0 Å². The maximum Gasteiger partial charge on any atom is 0.236 e. The van der Waals surface area contributed by atoms with Crippen LogP contribution >= 0.6 is 26.6 Å². The molecule has 0 aliphatic carbocycles. The van der Waals surface area contributed by atoms with Gasteiger partial charge in [0.2, 0.25) is 9.05 Å². The van der Waals surface area contributed by atoms with E-state index in [1.165, 1.54) is 7.11 Å². The molecular weight excluding hydrogens is 320 g/mol. The maximum atomic E-state index is 11.0. The monoisotopic (exact) mass is 328 g/mol. The number of methoxy groups -OCH3 is 1. The van der Waals surface area contributed by atoms with Crippen LogP contribution in [-0.2, 0) is 14.8 Å². The Balaban J connectivity index is 3.42. The second-order valence-electron chi connectivity index (χ2n) is 3.20. The summed E-state index contributed by atoms with van der Waals surface area (Å²) in [6.07, 6.45) is 0. The van der Waals surface area contributed by atoms with Gasteiger partial charge >= 0.3 is 0 Å². The van der Waals surface area contributed by atoms with Crippen LogP contribution in [0.5, 0.6) is 11.5 Å². The van der Waals surface area contributed by atoms with Crippen molar-refractivity contribution in [3.05, 3.63) is 21.7 Å². The van der Waals surface area contributed by atoms with Gasteiger partial charge in [-0.1, -0.05) is 15.9 Å². The standard InChI is InChI=1S/C9H10BrClO4S/c1-5-6(4-16(11,13)14)9(12)8(15-2)3-7(5)10/h3,12H,4H2,1-2H3. The Kier molecular flexibility index (Phi) is 4.09. The molecule has 0 fully saturated rings. The lowest BCUT2D eigenvalue weighted by Gasteiger charge is -2.12. The molecule has 0 aliphatic heterocycles. The van der Waals surface area contributed by atoms with Crippen molar-refractivity contribution in [2.75, 3.05) is 7.11 Å². The summed E-state index contributed by atoms with van der Waals surface area (Å²) in [5.41, 5.74) is 0.851. The quantitative estimate of drug-likeness (QED) is 0.866. The second-order valence-corrected chi connectivity index (χ2v) is 6.83. The van der Waals surface area contributed by atoms with Crippen LogP contribution in [0.25, 0.3) is 0 Å². The Labute approximate surface area is 107 Å². The first-order valence-electron chi connectivity index (χ1n) is 4.23. The van der Waals surface area contributed by atoms with E-state index >= 15 is 0 Å². The third kappa shape index (κ3) is 3.02. The largest absolute Gasteiger partial charge is 0.504 e. The fraction of sp³-hybridized carbons (Fsp3) is 0.333. The van der Waals surface area contributed by atoms with Gasteiger partial charge in [-0.05, 0) is 18.6 Å². The Morgan fingerprint density at radius 1 is 1.56 bits per heavy atom. The summed E-state index contributed by atoms with van der Waals surface area (Å²) < 4.78 is 27.6. The second kappa shape index (κ2) is 4.81. The summed E-state index contributed by atoms with van der Waals surface area (Å²) in [7, 11) is 2.82. The highest BCUT2D eigenvalue weighted by atomic mass is 79.9. The van der Waals surface area contributed by atoms with Gasteiger partial charge in [-0.15, -0.1) is 0 Å². The highest BCUT2D eigenvalue weighted by Crippen LogP contribution is 2.38. The number of hydrogen-bond donors (Lipinski definition) is 1. The third-order valence-corrected chi connectivity index (χ3v) is 3.91. The van der Waals surface area contributed by atoms with E-state index in [0.29, 0.717) is 10.0 Å². The molecule has 0 bridgehead atoms. The van der Waals surface area contributed by atoms with Crippen molar-refractivity contribution in [2.45, 2.75) is 12.7 Å². The minimum Gasteiger partial charge on any atom is -0.504 e. The smallest absolute Gasteiger partial charge is 0.236 e. The summed E-state index contributed by atoms with van der Waals surface area (Å²) >= 11 is 3.25. The van der Waals surface area contributed by atoms with Gasteiger partial charge in [-0.3, -0.25) is 0 Å². The molecule has 0 atom stereocenters. The zero-order valence-corrected chi connectivity index (χ0v) is 11.8. The summed E-state index contributed by atoms with van der Waals surface area (Å²) in [6.45, 7) is 1.68. The van der Waals surface area contributed by atoms with Crippen molar-refractivity contribution in [3.8, 4) is 11.5 Å². The van der Waals surface area contributed by atoms with E-state index in [2.05, 4.69) is 15.9 Å². The van der Waals surface area contributed by atoms with E-state index in [9.17, 15) is 13.5 Å². The molecule has 0 saturated heterocycles. The molecule has 7 heteroatoms. The SMILES string of the molecule is COc1cc(Br)c(C)c(CS(=O)(=O)Cl)c1O. The van der Waals surface area contributed by atoms with Gasteiger partial charge < -0.3 is 9.84 Å². The van der Waals surface area contributed by atoms with Gasteiger partial charge in [-0.25, -0.2) is 8.42 Å². The molecule has 1 rings (SSSR count). The van der Waals surface area contributed by atoms with Crippen LogP contribution in [0.1, 0.15) is 11.1 Å². The molecule has 0 saturated carbocycles. The lowest BCUT2D eigenvalue weighted by molar-refractivity contribution is 0.370. The molecule has 0 spiro atoms. The molecule has 16 heavy (non-hydrogen) atoms. The summed E-state index contributed by atoms with van der Waals surface area (Å²) in [4.78, 5) is 0. The Hall–Kier alpha value is -0.460. The molecule has 0 radical (unpaired) electrons. The number of phenolic OH excluding ortho intramolecular Hbond substituents is 1. The first-order valence-corrected chi connectivity index (χ1v) is 7.50. The van der Waals surface area contributed by atoms with Crippen LogP contribution in [-0.4, -0.2) is 20.6 Å². The van der Waals surface area contributed by atoms with Gasteiger partial charge in [0, 0.05) is 20.7 Å². The van der Waals surface area contributed by atoms with Gasteiger partial charge in [-0.2, -0.15) is 0 Å². The van der Waals surface area contributed by atoms with Gasteiger partial charge in [0.15, 0.2) is 11.5 Å². The fourth-order valence-corrected chi connectivity index (χ4v) is 2.74. The van der Waals surface area contributed by atoms with Crippen molar-refractivity contribution >= 4 is 35.7 Å². The normalized spacial score (nSPS) is 11.5. The van der Waals surface area contributed by atoms with E-state index in [-0.39, 0.29) is 17.1 Å². The topological polar surface area (TPSA) is 63.6 Å². The number of aromatic hydroxyl groups is 1. The highest BCUT2D eigenvalue weighted by molar-refractivity contribution is 9.10. The van der Waals surface area contributed by atoms with Crippen molar-refractivity contribution in [1.29, 1.82) is 0 Å².